The van der Waals surface area contributed by atoms with E-state index in [0.717, 1.165) is 23.9 Å². The van der Waals surface area contributed by atoms with E-state index in [2.05, 4.69) is 5.32 Å². The van der Waals surface area contributed by atoms with Crippen LogP contribution in [0.5, 0.6) is 5.75 Å². The number of thiocarbonyl (C=S) groups is 1. The molecule has 1 saturated heterocycles. The summed E-state index contributed by atoms with van der Waals surface area (Å²) in [6, 6.07) is 10.4. The second-order valence-corrected chi connectivity index (χ2v) is 8.19. The Bertz CT molecular complexity index is 1090. The zero-order valence-electron chi connectivity index (χ0n) is 15.2. The summed E-state index contributed by atoms with van der Waals surface area (Å²) in [5.41, 5.74) is 0.425. The highest BCUT2D eigenvalue weighted by molar-refractivity contribution is 8.26. The summed E-state index contributed by atoms with van der Waals surface area (Å²) in [4.78, 5) is 36.6. The summed E-state index contributed by atoms with van der Waals surface area (Å²) in [5, 5.41) is 23.5. The van der Waals surface area contributed by atoms with E-state index in [1.807, 2.05) is 0 Å². The minimum absolute atomic E-state index is 0.0367. The molecule has 2 N–H and O–H groups in total. The van der Waals surface area contributed by atoms with Crippen LogP contribution in [0.15, 0.2) is 47.4 Å². The van der Waals surface area contributed by atoms with Gasteiger partial charge in [-0.15, -0.1) is 0 Å². The average Bonchev–Trinajstić information content (AvgIpc) is 2.96. The lowest BCUT2D eigenvalue weighted by Gasteiger charge is -2.14. The third-order valence-corrected chi connectivity index (χ3v) is 5.82. The molecular weight excluding hydrogens is 450 g/mol. The largest absolute Gasteiger partial charge is 0.506 e. The summed E-state index contributed by atoms with van der Waals surface area (Å²) >= 11 is 12.5. The number of amides is 2. The summed E-state index contributed by atoms with van der Waals surface area (Å²) in [5.74, 6) is -1.23. The standard InChI is InChI=1S/C19H14ClN3O5S2/c20-13-4-2-1-3-11(13)9-16-18(26)22(19(29)30-16)8-7-17(25)21-14-6-5-12(23(27)28)10-15(14)24/h1-6,9-10,24H,7-8H2,(H,21,25)/b16-9+. The first-order valence-corrected chi connectivity index (χ1v) is 10.1. The van der Waals surface area contributed by atoms with Gasteiger partial charge in [0.05, 0.1) is 21.6 Å². The van der Waals surface area contributed by atoms with Gasteiger partial charge in [0.25, 0.3) is 11.6 Å². The summed E-state index contributed by atoms with van der Waals surface area (Å²) in [6.07, 6.45) is 1.57. The number of phenolic OH excluding ortho intramolecular Hbond substituents is 1. The van der Waals surface area contributed by atoms with E-state index in [1.165, 1.54) is 11.0 Å². The molecule has 0 saturated carbocycles. The number of anilines is 1. The van der Waals surface area contributed by atoms with Crippen LogP contribution in [0.2, 0.25) is 5.02 Å². The zero-order chi connectivity index (χ0) is 21.8. The zero-order valence-corrected chi connectivity index (χ0v) is 17.6. The fourth-order valence-electron chi connectivity index (χ4n) is 2.59. The molecule has 1 heterocycles. The summed E-state index contributed by atoms with van der Waals surface area (Å²) < 4.78 is 0.323. The van der Waals surface area contributed by atoms with Gasteiger partial charge < -0.3 is 10.4 Å². The molecule has 8 nitrogen and oxygen atoms in total. The number of aromatic hydroxyl groups is 1. The number of rotatable bonds is 6. The van der Waals surface area contributed by atoms with Crippen LogP contribution in [-0.4, -0.2) is 37.6 Å². The van der Waals surface area contributed by atoms with E-state index in [-0.39, 0.29) is 30.2 Å². The van der Waals surface area contributed by atoms with Crippen molar-refractivity contribution in [3.63, 3.8) is 0 Å². The highest BCUT2D eigenvalue weighted by atomic mass is 35.5. The number of nitrogens with zero attached hydrogens (tertiary/aromatic N) is 2. The second-order valence-electron chi connectivity index (χ2n) is 6.11. The van der Waals surface area contributed by atoms with Crippen molar-refractivity contribution >= 4 is 69.2 Å². The molecule has 1 fully saturated rings. The van der Waals surface area contributed by atoms with E-state index in [0.29, 0.717) is 19.8 Å². The molecule has 0 spiro atoms. The van der Waals surface area contributed by atoms with Gasteiger partial charge in [-0.3, -0.25) is 24.6 Å². The van der Waals surface area contributed by atoms with Crippen LogP contribution >= 0.6 is 35.6 Å². The topological polar surface area (TPSA) is 113 Å². The number of phenols is 1. The number of benzene rings is 2. The highest BCUT2D eigenvalue weighted by Gasteiger charge is 2.32. The van der Waals surface area contributed by atoms with Crippen LogP contribution in [0, 0.1) is 10.1 Å². The van der Waals surface area contributed by atoms with Crippen molar-refractivity contribution in [2.45, 2.75) is 6.42 Å². The average molecular weight is 464 g/mol. The fourth-order valence-corrected chi connectivity index (χ4v) is 4.08. The fraction of sp³-hybridized carbons (Fsp3) is 0.105. The van der Waals surface area contributed by atoms with E-state index in [9.17, 15) is 24.8 Å². The Hall–Kier alpha value is -2.95. The maximum Gasteiger partial charge on any atom is 0.273 e. The van der Waals surface area contributed by atoms with Crippen LogP contribution in [0.3, 0.4) is 0 Å². The Morgan fingerprint density at radius 1 is 1.33 bits per heavy atom. The van der Waals surface area contributed by atoms with E-state index >= 15 is 0 Å². The number of non-ortho nitro benzene ring substituents is 1. The number of hydrogen-bond acceptors (Lipinski definition) is 7. The predicted molar refractivity (Wildman–Crippen MR) is 119 cm³/mol. The molecule has 2 amide bonds. The number of thioether (sulfide) groups is 1. The van der Waals surface area contributed by atoms with Crippen LogP contribution in [-0.2, 0) is 9.59 Å². The molecule has 0 radical (unpaired) electrons. The number of carbonyl (C=O) groups is 2. The van der Waals surface area contributed by atoms with E-state index < -0.39 is 16.6 Å². The molecule has 30 heavy (non-hydrogen) atoms. The first kappa shape index (κ1) is 21.8. The molecule has 3 rings (SSSR count). The van der Waals surface area contributed by atoms with Crippen molar-refractivity contribution in [2.24, 2.45) is 0 Å². The third kappa shape index (κ3) is 4.96. The Morgan fingerprint density at radius 3 is 2.73 bits per heavy atom. The van der Waals surface area contributed by atoms with Gasteiger partial charge in [0.15, 0.2) is 0 Å². The first-order valence-electron chi connectivity index (χ1n) is 8.53. The Kier molecular flexibility index (Phi) is 6.70. The van der Waals surface area contributed by atoms with Gasteiger partial charge in [-0.1, -0.05) is 53.8 Å². The minimum atomic E-state index is -0.656. The molecule has 1 aliphatic rings. The van der Waals surface area contributed by atoms with Gasteiger partial charge in [0, 0.05) is 24.1 Å². The molecular formula is C19H14ClN3O5S2. The van der Waals surface area contributed by atoms with Gasteiger partial charge in [0.2, 0.25) is 5.91 Å². The quantitative estimate of drug-likeness (QED) is 0.217. The second kappa shape index (κ2) is 9.24. The van der Waals surface area contributed by atoms with Gasteiger partial charge >= 0.3 is 0 Å². The molecule has 2 aromatic rings. The molecule has 2 aromatic carbocycles. The number of nitro benzene ring substituents is 1. The van der Waals surface area contributed by atoms with Crippen LogP contribution in [0.25, 0.3) is 6.08 Å². The maximum atomic E-state index is 12.6. The van der Waals surface area contributed by atoms with Crippen molar-refractivity contribution in [3.05, 3.63) is 68.1 Å². The summed E-state index contributed by atoms with van der Waals surface area (Å²) in [6.45, 7) is 0.0457. The Labute approximate surface area is 185 Å². The molecule has 154 valence electrons. The maximum absolute atomic E-state index is 12.6. The lowest BCUT2D eigenvalue weighted by molar-refractivity contribution is -0.384. The molecule has 0 aromatic heterocycles. The first-order chi connectivity index (χ1) is 14.3. The molecule has 0 atom stereocenters. The number of hydrogen-bond donors (Lipinski definition) is 2. The molecule has 1 aliphatic heterocycles. The van der Waals surface area contributed by atoms with Crippen molar-refractivity contribution in [1.29, 1.82) is 0 Å². The third-order valence-electron chi connectivity index (χ3n) is 4.09. The van der Waals surface area contributed by atoms with Gasteiger partial charge in [-0.25, -0.2) is 0 Å². The lowest BCUT2D eigenvalue weighted by Crippen LogP contribution is -2.31. The molecule has 0 bridgehead atoms. The highest BCUT2D eigenvalue weighted by Crippen LogP contribution is 2.34. The van der Waals surface area contributed by atoms with E-state index in [4.69, 9.17) is 23.8 Å². The van der Waals surface area contributed by atoms with Crippen molar-refractivity contribution in [2.75, 3.05) is 11.9 Å². The number of carbonyl (C=O) groups excluding carboxylic acids is 2. The predicted octanol–water partition coefficient (Wildman–Crippen LogP) is 4.18. The number of nitrogens with one attached hydrogen (secondary N) is 1. The van der Waals surface area contributed by atoms with Crippen molar-refractivity contribution in [1.82, 2.24) is 4.90 Å². The molecule has 11 heteroatoms. The van der Waals surface area contributed by atoms with Crippen molar-refractivity contribution in [3.8, 4) is 5.75 Å². The lowest BCUT2D eigenvalue weighted by atomic mass is 10.2. The molecule has 0 aliphatic carbocycles. The smallest absolute Gasteiger partial charge is 0.273 e. The van der Waals surface area contributed by atoms with Crippen LogP contribution in [0.4, 0.5) is 11.4 Å². The number of halogens is 1. The minimum Gasteiger partial charge on any atom is -0.506 e. The Balaban J connectivity index is 1.62. The monoisotopic (exact) mass is 463 g/mol. The molecule has 0 unspecified atom stereocenters. The normalized spacial score (nSPS) is 15.0. The van der Waals surface area contributed by atoms with Gasteiger partial charge in [-0.2, -0.15) is 0 Å². The van der Waals surface area contributed by atoms with Gasteiger partial charge in [0.1, 0.15) is 10.1 Å². The van der Waals surface area contributed by atoms with Gasteiger partial charge in [-0.05, 0) is 23.8 Å². The van der Waals surface area contributed by atoms with Crippen molar-refractivity contribution < 1.29 is 19.6 Å². The van der Waals surface area contributed by atoms with Crippen LogP contribution in [0.1, 0.15) is 12.0 Å². The number of nitro groups is 1. The Morgan fingerprint density at radius 2 is 2.07 bits per heavy atom. The van der Waals surface area contributed by atoms with E-state index in [1.54, 1.807) is 30.3 Å². The summed E-state index contributed by atoms with van der Waals surface area (Å²) in [7, 11) is 0. The van der Waals surface area contributed by atoms with Crippen LogP contribution < -0.4 is 5.32 Å². The SMILES string of the molecule is O=C(CCN1C(=O)/C(=C\c2ccccc2Cl)SC1=S)Nc1ccc([N+](=O)[O-])cc1O.